The lowest BCUT2D eigenvalue weighted by Crippen LogP contribution is -2.58. The van der Waals surface area contributed by atoms with E-state index in [0.29, 0.717) is 18.3 Å². The van der Waals surface area contributed by atoms with Gasteiger partial charge in [0.15, 0.2) is 0 Å². The van der Waals surface area contributed by atoms with Gasteiger partial charge in [0.1, 0.15) is 0 Å². The summed E-state index contributed by atoms with van der Waals surface area (Å²) < 4.78 is 0. The summed E-state index contributed by atoms with van der Waals surface area (Å²) in [5.74, 6) is 2.26. The Morgan fingerprint density at radius 3 is 2.77 bits per heavy atom. The second-order valence-electron chi connectivity index (χ2n) is 7.64. The van der Waals surface area contributed by atoms with Gasteiger partial charge in [0.2, 0.25) is 11.8 Å². The number of piperidine rings is 1. The SMILES string of the molecule is CCC1C(=O)NC2CC(NC(=O)CCSc3ccccc3)CCC2C1C. The van der Waals surface area contributed by atoms with Crippen LogP contribution in [0.5, 0.6) is 0 Å². The second-order valence-corrected chi connectivity index (χ2v) is 8.81. The van der Waals surface area contributed by atoms with Crippen molar-refractivity contribution >= 4 is 23.6 Å². The molecule has 1 aromatic carbocycles. The van der Waals surface area contributed by atoms with Crippen molar-refractivity contribution in [2.45, 2.75) is 62.9 Å². The second kappa shape index (κ2) is 8.94. The van der Waals surface area contributed by atoms with Crippen LogP contribution in [-0.2, 0) is 9.59 Å². The van der Waals surface area contributed by atoms with Gasteiger partial charge >= 0.3 is 0 Å². The fourth-order valence-electron chi connectivity index (χ4n) is 4.58. The fraction of sp³-hybridized carbons (Fsp3) is 0.619. The number of rotatable bonds is 6. The maximum Gasteiger partial charge on any atom is 0.223 e. The minimum absolute atomic E-state index is 0.124. The summed E-state index contributed by atoms with van der Waals surface area (Å²) in [6.45, 7) is 4.32. The summed E-state index contributed by atoms with van der Waals surface area (Å²) in [4.78, 5) is 25.8. The molecule has 2 N–H and O–H groups in total. The number of nitrogens with one attached hydrogen (secondary N) is 2. The Morgan fingerprint density at radius 2 is 2.04 bits per heavy atom. The topological polar surface area (TPSA) is 58.2 Å². The Labute approximate surface area is 160 Å². The van der Waals surface area contributed by atoms with Crippen molar-refractivity contribution < 1.29 is 9.59 Å². The summed E-state index contributed by atoms with van der Waals surface area (Å²) in [6, 6.07) is 10.6. The zero-order valence-corrected chi connectivity index (χ0v) is 16.6. The van der Waals surface area contributed by atoms with E-state index in [-0.39, 0.29) is 29.8 Å². The van der Waals surface area contributed by atoms with Crippen molar-refractivity contribution in [3.05, 3.63) is 30.3 Å². The predicted molar refractivity (Wildman–Crippen MR) is 106 cm³/mol. The lowest BCUT2D eigenvalue weighted by Gasteiger charge is -2.46. The zero-order valence-electron chi connectivity index (χ0n) is 15.7. The van der Waals surface area contributed by atoms with Crippen molar-refractivity contribution in [3.8, 4) is 0 Å². The van der Waals surface area contributed by atoms with Crippen LogP contribution in [0.15, 0.2) is 35.2 Å². The summed E-state index contributed by atoms with van der Waals surface area (Å²) >= 11 is 1.71. The summed E-state index contributed by atoms with van der Waals surface area (Å²) in [6.07, 6.45) is 4.43. The van der Waals surface area contributed by atoms with Gasteiger partial charge < -0.3 is 10.6 Å². The number of fused-ring (bicyclic) bond motifs is 1. The van der Waals surface area contributed by atoms with Gasteiger partial charge in [0.25, 0.3) is 0 Å². The molecule has 5 unspecified atom stereocenters. The largest absolute Gasteiger partial charge is 0.353 e. The fourth-order valence-corrected chi connectivity index (χ4v) is 5.46. The Morgan fingerprint density at radius 1 is 1.27 bits per heavy atom. The van der Waals surface area contributed by atoms with Gasteiger partial charge in [-0.3, -0.25) is 9.59 Å². The Bertz CT molecular complexity index is 622. The Hall–Kier alpha value is -1.49. The first-order valence-corrected chi connectivity index (χ1v) is 10.8. The molecule has 1 saturated heterocycles. The first-order chi connectivity index (χ1) is 12.6. The van der Waals surface area contributed by atoms with Gasteiger partial charge in [0.05, 0.1) is 0 Å². The molecular formula is C21H30N2O2S. The molecule has 0 bridgehead atoms. The maximum absolute atomic E-state index is 12.3. The molecule has 0 spiro atoms. The number of hydrogen-bond acceptors (Lipinski definition) is 3. The maximum atomic E-state index is 12.3. The predicted octanol–water partition coefficient (Wildman–Crippen LogP) is 3.61. The van der Waals surface area contributed by atoms with Gasteiger partial charge in [-0.15, -0.1) is 11.8 Å². The molecule has 3 rings (SSSR count). The van der Waals surface area contributed by atoms with E-state index in [2.05, 4.69) is 36.6 Å². The highest BCUT2D eigenvalue weighted by atomic mass is 32.2. The normalized spacial score (nSPS) is 31.0. The molecule has 142 valence electrons. The van der Waals surface area contributed by atoms with Crippen LogP contribution >= 0.6 is 11.8 Å². The number of thioether (sulfide) groups is 1. The molecule has 0 radical (unpaired) electrons. The third-order valence-electron chi connectivity index (χ3n) is 6.02. The van der Waals surface area contributed by atoms with Crippen LogP contribution in [0.3, 0.4) is 0 Å². The highest BCUT2D eigenvalue weighted by Gasteiger charge is 2.43. The molecule has 4 nitrogen and oxygen atoms in total. The minimum atomic E-state index is 0.124. The van der Waals surface area contributed by atoms with Crippen molar-refractivity contribution in [1.82, 2.24) is 10.6 Å². The van der Waals surface area contributed by atoms with Crippen LogP contribution in [0, 0.1) is 17.8 Å². The van der Waals surface area contributed by atoms with Crippen LogP contribution in [-0.4, -0.2) is 29.7 Å². The van der Waals surface area contributed by atoms with E-state index in [9.17, 15) is 9.59 Å². The molecule has 1 heterocycles. The molecule has 2 fully saturated rings. The molecule has 1 aliphatic carbocycles. The van der Waals surface area contributed by atoms with Crippen molar-refractivity contribution in [3.63, 3.8) is 0 Å². The smallest absolute Gasteiger partial charge is 0.223 e. The molecule has 26 heavy (non-hydrogen) atoms. The van der Waals surface area contributed by atoms with E-state index in [1.165, 1.54) is 4.90 Å². The Kier molecular flexibility index (Phi) is 6.63. The molecule has 1 aromatic rings. The Balaban J connectivity index is 1.44. The van der Waals surface area contributed by atoms with Crippen molar-refractivity contribution in [2.75, 3.05) is 5.75 Å². The number of hydrogen-bond donors (Lipinski definition) is 2. The summed E-state index contributed by atoms with van der Waals surface area (Å²) in [5.41, 5.74) is 0. The third kappa shape index (κ3) is 4.61. The monoisotopic (exact) mass is 374 g/mol. The highest BCUT2D eigenvalue weighted by molar-refractivity contribution is 7.99. The van der Waals surface area contributed by atoms with Crippen LogP contribution in [0.2, 0.25) is 0 Å². The summed E-state index contributed by atoms with van der Waals surface area (Å²) in [7, 11) is 0. The van der Waals surface area contributed by atoms with Crippen LogP contribution in [0.1, 0.15) is 46.0 Å². The van der Waals surface area contributed by atoms with E-state index in [0.717, 1.165) is 31.4 Å². The zero-order chi connectivity index (χ0) is 18.5. The lowest BCUT2D eigenvalue weighted by atomic mass is 9.67. The lowest BCUT2D eigenvalue weighted by molar-refractivity contribution is -0.133. The minimum Gasteiger partial charge on any atom is -0.353 e. The quantitative estimate of drug-likeness (QED) is 0.748. The number of carbonyl (C=O) groups excluding carboxylic acids is 2. The van der Waals surface area contributed by atoms with Gasteiger partial charge in [0, 0.05) is 35.1 Å². The highest BCUT2D eigenvalue weighted by Crippen LogP contribution is 2.38. The van der Waals surface area contributed by atoms with Crippen molar-refractivity contribution in [2.24, 2.45) is 17.8 Å². The molecule has 5 atom stereocenters. The first kappa shape index (κ1) is 19.3. The van der Waals surface area contributed by atoms with Crippen LogP contribution < -0.4 is 10.6 Å². The van der Waals surface area contributed by atoms with Gasteiger partial charge in [-0.1, -0.05) is 32.0 Å². The van der Waals surface area contributed by atoms with E-state index in [4.69, 9.17) is 0 Å². The van der Waals surface area contributed by atoms with Gasteiger partial charge in [-0.05, 0) is 49.7 Å². The molecule has 5 heteroatoms. The molecular weight excluding hydrogens is 344 g/mol. The van der Waals surface area contributed by atoms with E-state index in [1.807, 2.05) is 18.2 Å². The molecule has 1 saturated carbocycles. The van der Waals surface area contributed by atoms with Gasteiger partial charge in [-0.2, -0.15) is 0 Å². The average molecular weight is 375 g/mol. The molecule has 0 aromatic heterocycles. The summed E-state index contributed by atoms with van der Waals surface area (Å²) in [5, 5.41) is 6.41. The number of benzene rings is 1. The molecule has 2 amide bonds. The first-order valence-electron chi connectivity index (χ1n) is 9.86. The van der Waals surface area contributed by atoms with Crippen molar-refractivity contribution in [1.29, 1.82) is 0 Å². The molecule has 2 aliphatic rings. The van der Waals surface area contributed by atoms with Crippen LogP contribution in [0.4, 0.5) is 0 Å². The van der Waals surface area contributed by atoms with Gasteiger partial charge in [-0.25, -0.2) is 0 Å². The van der Waals surface area contributed by atoms with E-state index < -0.39 is 0 Å². The van der Waals surface area contributed by atoms with Crippen LogP contribution in [0.25, 0.3) is 0 Å². The average Bonchev–Trinajstić information content (AvgIpc) is 2.62. The third-order valence-corrected chi connectivity index (χ3v) is 7.04. The van der Waals surface area contributed by atoms with E-state index in [1.54, 1.807) is 11.8 Å². The molecule has 1 aliphatic heterocycles. The number of amides is 2. The number of carbonyl (C=O) groups is 2. The van der Waals surface area contributed by atoms with E-state index >= 15 is 0 Å². The standard InChI is InChI=1S/C21H30N2O2S/c1-3-17-14(2)18-10-9-15(13-19(18)23-21(17)25)22-20(24)11-12-26-16-7-5-4-6-8-16/h4-8,14-15,17-19H,3,9-13H2,1-2H3,(H,22,24)(H,23,25).